The minimum absolute atomic E-state index is 0. The van der Waals surface area contributed by atoms with Gasteiger partial charge >= 0.3 is 0 Å². The van der Waals surface area contributed by atoms with E-state index in [0.29, 0.717) is 0 Å². The summed E-state index contributed by atoms with van der Waals surface area (Å²) >= 11 is 1.88. The van der Waals surface area contributed by atoms with Crippen molar-refractivity contribution in [1.82, 2.24) is 10.3 Å². The molecule has 90 valence electrons. The number of hydrogen-bond donors (Lipinski definition) is 1. The Kier molecular flexibility index (Phi) is 6.17. The van der Waals surface area contributed by atoms with Gasteiger partial charge in [-0.05, 0) is 50.4 Å². The Hall–Kier alpha value is -0.250. The standard InChI is InChI=1S/C12H18N2S.ClH/c1-10-4-5-12(14-7-10)15-9-11-3-2-6-13-8-11;/h4-5,7,11,13H,2-3,6,8-9H2,1H3;1H. The summed E-state index contributed by atoms with van der Waals surface area (Å²) in [5, 5.41) is 4.60. The van der Waals surface area contributed by atoms with Crippen molar-refractivity contribution in [2.75, 3.05) is 18.8 Å². The molecule has 1 fully saturated rings. The van der Waals surface area contributed by atoms with Gasteiger partial charge in [-0.15, -0.1) is 24.2 Å². The number of aryl methyl sites for hydroxylation is 1. The van der Waals surface area contributed by atoms with Crippen LogP contribution in [0.2, 0.25) is 0 Å². The second kappa shape index (κ2) is 7.15. The van der Waals surface area contributed by atoms with Crippen molar-refractivity contribution in [3.63, 3.8) is 0 Å². The third kappa shape index (κ3) is 4.32. The van der Waals surface area contributed by atoms with Gasteiger partial charge in [-0.1, -0.05) is 6.07 Å². The van der Waals surface area contributed by atoms with Crippen molar-refractivity contribution in [1.29, 1.82) is 0 Å². The first-order chi connectivity index (χ1) is 7.34. The maximum Gasteiger partial charge on any atom is 0.0960 e. The molecule has 2 heterocycles. The average Bonchev–Trinajstić information content (AvgIpc) is 2.30. The SMILES string of the molecule is Cc1ccc(SCC2CCCNC2)nc1.Cl. The first-order valence-corrected chi connectivity index (χ1v) is 6.59. The number of thioether (sulfide) groups is 1. The molecule has 1 saturated heterocycles. The maximum atomic E-state index is 4.41. The molecule has 0 bridgehead atoms. The van der Waals surface area contributed by atoms with Crippen LogP contribution in [-0.2, 0) is 0 Å². The van der Waals surface area contributed by atoms with Crippen molar-refractivity contribution < 1.29 is 0 Å². The van der Waals surface area contributed by atoms with E-state index in [-0.39, 0.29) is 12.4 Å². The van der Waals surface area contributed by atoms with Crippen LogP contribution in [0.5, 0.6) is 0 Å². The van der Waals surface area contributed by atoms with Gasteiger partial charge in [0.05, 0.1) is 5.03 Å². The number of pyridine rings is 1. The fourth-order valence-corrected chi connectivity index (χ4v) is 2.79. The predicted molar refractivity (Wildman–Crippen MR) is 72.5 cm³/mol. The molecule has 1 aliphatic rings. The van der Waals surface area contributed by atoms with Crippen LogP contribution in [0.25, 0.3) is 0 Å². The minimum Gasteiger partial charge on any atom is -0.316 e. The molecule has 1 N–H and O–H groups in total. The molecule has 0 amide bonds. The second-order valence-corrected chi connectivity index (χ2v) is 5.24. The monoisotopic (exact) mass is 258 g/mol. The van der Waals surface area contributed by atoms with Crippen molar-refractivity contribution >= 4 is 24.2 Å². The summed E-state index contributed by atoms with van der Waals surface area (Å²) in [6.45, 7) is 4.45. The van der Waals surface area contributed by atoms with E-state index in [9.17, 15) is 0 Å². The number of nitrogens with zero attached hydrogens (tertiary/aromatic N) is 1. The highest BCUT2D eigenvalue weighted by Gasteiger charge is 2.12. The van der Waals surface area contributed by atoms with Gasteiger partial charge in [0.1, 0.15) is 0 Å². The Morgan fingerprint density at radius 3 is 3.00 bits per heavy atom. The van der Waals surface area contributed by atoms with E-state index < -0.39 is 0 Å². The number of aromatic nitrogens is 1. The molecule has 4 heteroatoms. The molecule has 16 heavy (non-hydrogen) atoms. The van der Waals surface area contributed by atoms with Gasteiger partial charge in [0.25, 0.3) is 0 Å². The zero-order valence-electron chi connectivity index (χ0n) is 9.61. The van der Waals surface area contributed by atoms with Gasteiger partial charge in [0.2, 0.25) is 0 Å². The summed E-state index contributed by atoms with van der Waals surface area (Å²) in [5.41, 5.74) is 1.23. The quantitative estimate of drug-likeness (QED) is 0.844. The molecule has 2 rings (SSSR count). The van der Waals surface area contributed by atoms with E-state index in [2.05, 4.69) is 29.4 Å². The average molecular weight is 259 g/mol. The van der Waals surface area contributed by atoms with E-state index in [0.717, 1.165) is 10.9 Å². The number of piperidine rings is 1. The lowest BCUT2D eigenvalue weighted by Crippen LogP contribution is -2.30. The molecule has 0 aromatic carbocycles. The first-order valence-electron chi connectivity index (χ1n) is 5.61. The van der Waals surface area contributed by atoms with Gasteiger partial charge in [-0.2, -0.15) is 0 Å². The molecule has 1 aromatic heterocycles. The molecule has 2 nitrogen and oxygen atoms in total. The molecule has 0 aliphatic carbocycles. The van der Waals surface area contributed by atoms with Gasteiger partial charge < -0.3 is 5.32 Å². The fraction of sp³-hybridized carbons (Fsp3) is 0.583. The van der Waals surface area contributed by atoms with Crippen LogP contribution >= 0.6 is 24.2 Å². The largest absolute Gasteiger partial charge is 0.316 e. The summed E-state index contributed by atoms with van der Waals surface area (Å²) in [5.74, 6) is 2.02. The molecule has 1 aliphatic heterocycles. The van der Waals surface area contributed by atoms with E-state index in [1.54, 1.807) is 0 Å². The van der Waals surface area contributed by atoms with Crippen LogP contribution in [-0.4, -0.2) is 23.8 Å². The highest BCUT2D eigenvalue weighted by molar-refractivity contribution is 7.99. The zero-order valence-corrected chi connectivity index (χ0v) is 11.2. The Morgan fingerprint density at radius 2 is 2.38 bits per heavy atom. The molecule has 1 unspecified atom stereocenters. The van der Waals surface area contributed by atoms with Gasteiger partial charge in [-0.25, -0.2) is 4.98 Å². The summed E-state index contributed by atoms with van der Waals surface area (Å²) in [4.78, 5) is 4.41. The summed E-state index contributed by atoms with van der Waals surface area (Å²) in [7, 11) is 0. The summed E-state index contributed by atoms with van der Waals surface area (Å²) in [6.07, 6.45) is 4.64. The van der Waals surface area contributed by atoms with E-state index in [4.69, 9.17) is 0 Å². The topological polar surface area (TPSA) is 24.9 Å². The number of rotatable bonds is 3. The van der Waals surface area contributed by atoms with Crippen molar-refractivity contribution in [2.24, 2.45) is 5.92 Å². The number of halogens is 1. The minimum atomic E-state index is 0. The van der Waals surface area contributed by atoms with Gasteiger partial charge in [0, 0.05) is 11.9 Å². The van der Waals surface area contributed by atoms with Crippen LogP contribution in [0, 0.1) is 12.8 Å². The van der Waals surface area contributed by atoms with Crippen LogP contribution in [0.1, 0.15) is 18.4 Å². The van der Waals surface area contributed by atoms with Crippen molar-refractivity contribution in [3.05, 3.63) is 23.9 Å². The molecular weight excluding hydrogens is 240 g/mol. The molecule has 1 atom stereocenters. The number of nitrogens with one attached hydrogen (secondary N) is 1. The molecular formula is C12H19ClN2S. The first kappa shape index (κ1) is 13.8. The highest BCUT2D eigenvalue weighted by atomic mass is 35.5. The van der Waals surface area contributed by atoms with Crippen LogP contribution in [0.15, 0.2) is 23.4 Å². The molecule has 0 spiro atoms. The number of hydrogen-bond acceptors (Lipinski definition) is 3. The highest BCUT2D eigenvalue weighted by Crippen LogP contribution is 2.22. The van der Waals surface area contributed by atoms with E-state index in [1.807, 2.05) is 18.0 Å². The van der Waals surface area contributed by atoms with Crippen molar-refractivity contribution in [2.45, 2.75) is 24.8 Å². The molecule has 0 saturated carbocycles. The molecule has 0 radical (unpaired) electrons. The zero-order chi connectivity index (χ0) is 10.5. The Bertz CT molecular complexity index is 296. The molecule has 1 aromatic rings. The smallest absolute Gasteiger partial charge is 0.0960 e. The van der Waals surface area contributed by atoms with E-state index in [1.165, 1.54) is 37.2 Å². The Morgan fingerprint density at radius 1 is 1.50 bits per heavy atom. The second-order valence-electron chi connectivity index (χ2n) is 4.20. The maximum absolute atomic E-state index is 4.41. The van der Waals surface area contributed by atoms with Crippen LogP contribution in [0.3, 0.4) is 0 Å². The van der Waals surface area contributed by atoms with Crippen LogP contribution in [0.4, 0.5) is 0 Å². The fourth-order valence-electron chi connectivity index (χ4n) is 1.81. The Balaban J connectivity index is 0.00000128. The predicted octanol–water partition coefficient (Wildman–Crippen LogP) is 2.90. The van der Waals surface area contributed by atoms with Crippen molar-refractivity contribution in [3.8, 4) is 0 Å². The third-order valence-corrected chi connectivity index (χ3v) is 3.93. The van der Waals surface area contributed by atoms with Gasteiger partial charge in [-0.3, -0.25) is 0 Å². The van der Waals surface area contributed by atoms with E-state index >= 15 is 0 Å². The summed E-state index contributed by atoms with van der Waals surface area (Å²) < 4.78 is 0. The van der Waals surface area contributed by atoms with Crippen LogP contribution < -0.4 is 5.32 Å². The lowest BCUT2D eigenvalue weighted by atomic mass is 10.0. The Labute approximate surface area is 108 Å². The third-order valence-electron chi connectivity index (χ3n) is 2.75. The lowest BCUT2D eigenvalue weighted by molar-refractivity contribution is 0.410. The normalized spacial score (nSPS) is 20.2. The van der Waals surface area contributed by atoms with Gasteiger partial charge in [0.15, 0.2) is 0 Å². The summed E-state index contributed by atoms with van der Waals surface area (Å²) in [6, 6.07) is 4.25. The lowest BCUT2D eigenvalue weighted by Gasteiger charge is -2.21.